The van der Waals surface area contributed by atoms with E-state index in [-0.39, 0.29) is 0 Å². The second-order valence-electron chi connectivity index (χ2n) is 2.89. The lowest BCUT2D eigenvalue weighted by Gasteiger charge is -2.06. The van der Waals surface area contributed by atoms with Crippen LogP contribution in [0.5, 0.6) is 0 Å². The summed E-state index contributed by atoms with van der Waals surface area (Å²) >= 11 is 0. The van der Waals surface area contributed by atoms with Crippen molar-refractivity contribution in [1.29, 1.82) is 0 Å². The van der Waals surface area contributed by atoms with E-state index in [1.54, 1.807) is 24.3 Å². The van der Waals surface area contributed by atoms with Gasteiger partial charge in [-0.25, -0.2) is 0 Å². The Morgan fingerprint density at radius 1 is 1.62 bits per heavy atom. The number of rotatable bonds is 3. The normalized spacial score (nSPS) is 12.4. The molecule has 0 saturated carbocycles. The zero-order chi connectivity index (χ0) is 9.84. The number of hydrogen-bond acceptors (Lipinski definition) is 2. The molecule has 0 saturated heterocycles. The number of carboxylic acid groups (broad SMARTS) is 1. The van der Waals surface area contributed by atoms with Gasteiger partial charge in [0, 0.05) is 0 Å². The van der Waals surface area contributed by atoms with Gasteiger partial charge in [-0.3, -0.25) is 4.79 Å². The molecule has 1 aromatic rings. The molecule has 0 spiro atoms. The van der Waals surface area contributed by atoms with Gasteiger partial charge in [-0.2, -0.15) is 0 Å². The van der Waals surface area contributed by atoms with Crippen molar-refractivity contribution in [2.45, 2.75) is 12.5 Å². The number of hydrogen-bond donors (Lipinski definition) is 2. The first-order valence-electron chi connectivity index (χ1n) is 3.92. The van der Waals surface area contributed by atoms with E-state index in [9.17, 15) is 4.79 Å². The minimum Gasteiger partial charge on any atom is -0.480 e. The Balaban J connectivity index is 2.69. The Morgan fingerprint density at radius 2 is 2.31 bits per heavy atom. The van der Waals surface area contributed by atoms with Crippen molar-refractivity contribution < 1.29 is 9.90 Å². The van der Waals surface area contributed by atoms with Crippen LogP contribution in [0.3, 0.4) is 0 Å². The van der Waals surface area contributed by atoms with E-state index in [4.69, 9.17) is 18.7 Å². The zero-order valence-electron chi connectivity index (χ0n) is 7.10. The van der Waals surface area contributed by atoms with Crippen LogP contribution >= 0.6 is 0 Å². The predicted octanol–water partition coefficient (Wildman–Crippen LogP) is -0.565. The quantitative estimate of drug-likeness (QED) is 0.605. The SMILES string of the molecule is [B]c1cccc(C[C@@H](N)C(=O)O)c1. The molecule has 3 N–H and O–H groups in total. The van der Waals surface area contributed by atoms with Gasteiger partial charge in [0.2, 0.25) is 0 Å². The second-order valence-corrected chi connectivity index (χ2v) is 2.89. The molecule has 0 aromatic heterocycles. The van der Waals surface area contributed by atoms with Crippen LogP contribution in [0.2, 0.25) is 0 Å². The Bertz CT molecular complexity index is 314. The van der Waals surface area contributed by atoms with Crippen molar-refractivity contribution in [3.05, 3.63) is 29.8 Å². The van der Waals surface area contributed by atoms with E-state index in [2.05, 4.69) is 0 Å². The molecule has 0 bridgehead atoms. The molecule has 66 valence electrons. The topological polar surface area (TPSA) is 63.3 Å². The summed E-state index contributed by atoms with van der Waals surface area (Å²) in [5.74, 6) is -0.998. The lowest BCUT2D eigenvalue weighted by atomic mass is 9.93. The maximum atomic E-state index is 10.4. The summed E-state index contributed by atoms with van der Waals surface area (Å²) in [6.45, 7) is 0. The molecular weight excluding hydrogens is 165 g/mol. The molecule has 0 aliphatic rings. The third-order valence-electron chi connectivity index (χ3n) is 1.72. The van der Waals surface area contributed by atoms with Gasteiger partial charge in [0.1, 0.15) is 13.9 Å². The first-order valence-corrected chi connectivity index (χ1v) is 3.92. The standard InChI is InChI=1S/C9H10BNO2/c10-7-3-1-2-6(4-7)5-8(11)9(12)13/h1-4,8H,5,11H2,(H,12,13)/t8-/m1/s1. The largest absolute Gasteiger partial charge is 0.480 e. The van der Waals surface area contributed by atoms with Gasteiger partial charge < -0.3 is 10.8 Å². The van der Waals surface area contributed by atoms with Crippen molar-refractivity contribution in [2.24, 2.45) is 5.73 Å². The summed E-state index contributed by atoms with van der Waals surface area (Å²) in [6, 6.07) is 6.19. The van der Waals surface area contributed by atoms with Gasteiger partial charge >= 0.3 is 5.97 Å². The van der Waals surface area contributed by atoms with Crippen LogP contribution < -0.4 is 11.2 Å². The van der Waals surface area contributed by atoms with Crippen LogP contribution in [0, 0.1) is 0 Å². The van der Waals surface area contributed by atoms with Crippen LogP contribution in [-0.4, -0.2) is 25.0 Å². The third-order valence-corrected chi connectivity index (χ3v) is 1.72. The first kappa shape index (κ1) is 9.80. The summed E-state index contributed by atoms with van der Waals surface area (Å²) in [4.78, 5) is 10.4. The van der Waals surface area contributed by atoms with Crippen molar-refractivity contribution in [3.8, 4) is 0 Å². The predicted molar refractivity (Wildman–Crippen MR) is 51.1 cm³/mol. The van der Waals surface area contributed by atoms with Crippen LogP contribution in [0.4, 0.5) is 0 Å². The van der Waals surface area contributed by atoms with E-state index >= 15 is 0 Å². The molecule has 0 heterocycles. The molecular formula is C9H10BNO2. The summed E-state index contributed by atoms with van der Waals surface area (Å²) in [5.41, 5.74) is 6.82. The molecule has 1 rings (SSSR count). The van der Waals surface area contributed by atoms with Crippen molar-refractivity contribution in [1.82, 2.24) is 0 Å². The fourth-order valence-corrected chi connectivity index (χ4v) is 1.06. The van der Waals surface area contributed by atoms with Gasteiger partial charge in [-0.15, -0.1) is 0 Å². The Morgan fingerprint density at radius 3 is 2.85 bits per heavy atom. The van der Waals surface area contributed by atoms with Crippen LogP contribution in [0.1, 0.15) is 5.56 Å². The highest BCUT2D eigenvalue weighted by molar-refractivity contribution is 6.32. The highest BCUT2D eigenvalue weighted by atomic mass is 16.4. The number of carboxylic acids is 1. The number of benzene rings is 1. The minimum atomic E-state index is -0.998. The molecule has 1 atom stereocenters. The molecule has 0 unspecified atom stereocenters. The molecule has 13 heavy (non-hydrogen) atoms. The molecule has 3 nitrogen and oxygen atoms in total. The van der Waals surface area contributed by atoms with Crippen molar-refractivity contribution >= 4 is 19.3 Å². The summed E-state index contributed by atoms with van der Waals surface area (Å²) in [5, 5.41) is 8.56. The van der Waals surface area contributed by atoms with E-state index in [1.165, 1.54) is 0 Å². The number of aliphatic carboxylic acids is 1. The van der Waals surface area contributed by atoms with E-state index in [0.717, 1.165) is 5.56 Å². The molecule has 0 aliphatic carbocycles. The van der Waals surface area contributed by atoms with Gasteiger partial charge in [-0.05, 0) is 12.0 Å². The van der Waals surface area contributed by atoms with Crippen LogP contribution in [0.15, 0.2) is 24.3 Å². The van der Waals surface area contributed by atoms with Crippen molar-refractivity contribution in [3.63, 3.8) is 0 Å². The molecule has 0 aliphatic heterocycles. The monoisotopic (exact) mass is 175 g/mol. The van der Waals surface area contributed by atoms with Crippen molar-refractivity contribution in [2.75, 3.05) is 0 Å². The lowest BCUT2D eigenvalue weighted by Crippen LogP contribution is -2.32. The molecule has 0 amide bonds. The smallest absolute Gasteiger partial charge is 0.320 e. The third kappa shape index (κ3) is 2.91. The Hall–Kier alpha value is -1.29. The van der Waals surface area contributed by atoms with Gasteiger partial charge in [-0.1, -0.05) is 29.7 Å². The molecule has 1 aromatic carbocycles. The number of nitrogens with two attached hydrogens (primary N) is 1. The highest BCUT2D eigenvalue weighted by Gasteiger charge is 2.11. The fraction of sp³-hybridized carbons (Fsp3) is 0.222. The van der Waals surface area contributed by atoms with Gasteiger partial charge in [0.05, 0.1) is 0 Å². The van der Waals surface area contributed by atoms with Crippen LogP contribution in [-0.2, 0) is 11.2 Å². The Labute approximate surface area is 78.0 Å². The maximum absolute atomic E-state index is 10.4. The number of carbonyl (C=O) groups is 1. The summed E-state index contributed by atoms with van der Waals surface area (Å²) in [7, 11) is 5.52. The fourth-order valence-electron chi connectivity index (χ4n) is 1.06. The average molecular weight is 175 g/mol. The minimum absolute atomic E-state index is 0.306. The molecule has 2 radical (unpaired) electrons. The van der Waals surface area contributed by atoms with E-state index < -0.39 is 12.0 Å². The first-order chi connectivity index (χ1) is 6.09. The average Bonchev–Trinajstić information content (AvgIpc) is 2.04. The molecule has 0 fully saturated rings. The van der Waals surface area contributed by atoms with E-state index in [0.29, 0.717) is 11.9 Å². The van der Waals surface area contributed by atoms with Gasteiger partial charge in [0.25, 0.3) is 0 Å². The summed E-state index contributed by atoms with van der Waals surface area (Å²) < 4.78 is 0. The Kier molecular flexibility index (Phi) is 3.09. The van der Waals surface area contributed by atoms with Gasteiger partial charge in [0.15, 0.2) is 0 Å². The second kappa shape index (κ2) is 4.09. The maximum Gasteiger partial charge on any atom is 0.320 e. The van der Waals surface area contributed by atoms with E-state index in [1.807, 2.05) is 0 Å². The zero-order valence-corrected chi connectivity index (χ0v) is 7.10. The summed E-state index contributed by atoms with van der Waals surface area (Å²) in [6.07, 6.45) is 0.306. The lowest BCUT2D eigenvalue weighted by molar-refractivity contribution is -0.138. The van der Waals surface area contributed by atoms with Crippen LogP contribution in [0.25, 0.3) is 0 Å². The molecule has 4 heteroatoms. The highest BCUT2D eigenvalue weighted by Crippen LogP contribution is 1.99.